The molecule has 2 rings (SSSR count). The molecule has 0 aliphatic rings. The molecule has 20 heavy (non-hydrogen) atoms. The molecular formula is C13H20N4O2S. The number of fused-ring (bicyclic) bond motifs is 1. The third-order valence-corrected chi connectivity index (χ3v) is 5.38. The maximum absolute atomic E-state index is 11.7. The van der Waals surface area contributed by atoms with Gasteiger partial charge in [-0.15, -0.1) is 0 Å². The van der Waals surface area contributed by atoms with Crippen LogP contribution in [0.2, 0.25) is 0 Å². The average molecular weight is 296 g/mol. The quantitative estimate of drug-likeness (QED) is 0.615. The number of nitrogens with two attached hydrogens (primary N) is 1. The van der Waals surface area contributed by atoms with Crippen molar-refractivity contribution >= 4 is 20.7 Å². The first-order valence-corrected chi connectivity index (χ1v) is 8.35. The predicted octanol–water partition coefficient (Wildman–Crippen LogP) is 0.381. The standard InChI is InChI=1S/C13H20N4O2S/c1-9(20(3,18)19)11(15-14)8-12-10-6-4-5-7-13(10)17(2)16-12/h4-7,9,11,15H,8,14H2,1-3H3. The van der Waals surface area contributed by atoms with Crippen molar-refractivity contribution in [1.82, 2.24) is 15.2 Å². The van der Waals surface area contributed by atoms with E-state index >= 15 is 0 Å². The Balaban J connectivity index is 2.36. The van der Waals surface area contributed by atoms with Gasteiger partial charge in [-0.3, -0.25) is 16.0 Å². The Kier molecular flexibility index (Phi) is 4.12. The molecule has 2 atom stereocenters. The first-order chi connectivity index (χ1) is 9.34. The summed E-state index contributed by atoms with van der Waals surface area (Å²) in [5, 5.41) is 4.92. The van der Waals surface area contributed by atoms with Crippen LogP contribution in [0.1, 0.15) is 12.6 Å². The molecule has 2 aromatic rings. The molecule has 0 spiro atoms. The molecule has 1 aromatic heterocycles. The van der Waals surface area contributed by atoms with Crippen LogP contribution in [-0.2, 0) is 23.3 Å². The molecule has 0 radical (unpaired) electrons. The van der Waals surface area contributed by atoms with Gasteiger partial charge in [0.05, 0.1) is 16.5 Å². The van der Waals surface area contributed by atoms with Crippen LogP contribution in [-0.4, -0.2) is 35.7 Å². The first kappa shape index (κ1) is 15.0. The normalized spacial score (nSPS) is 15.4. The van der Waals surface area contributed by atoms with E-state index in [1.54, 1.807) is 11.6 Å². The Hall–Kier alpha value is -1.44. The maximum Gasteiger partial charge on any atom is 0.151 e. The van der Waals surface area contributed by atoms with E-state index in [4.69, 9.17) is 5.84 Å². The zero-order valence-electron chi connectivity index (χ0n) is 11.9. The molecule has 0 bridgehead atoms. The molecule has 0 fully saturated rings. The Morgan fingerprint density at radius 1 is 1.40 bits per heavy atom. The number of aryl methyl sites for hydroxylation is 1. The number of hydrogen-bond donors (Lipinski definition) is 2. The zero-order valence-corrected chi connectivity index (χ0v) is 12.7. The van der Waals surface area contributed by atoms with E-state index in [1.807, 2.05) is 31.3 Å². The summed E-state index contributed by atoms with van der Waals surface area (Å²) in [5.74, 6) is 5.52. The fourth-order valence-corrected chi connectivity index (χ4v) is 3.08. The second-order valence-corrected chi connectivity index (χ2v) is 7.50. The van der Waals surface area contributed by atoms with Crippen LogP contribution >= 0.6 is 0 Å². The van der Waals surface area contributed by atoms with Crippen molar-refractivity contribution in [1.29, 1.82) is 0 Å². The lowest BCUT2D eigenvalue weighted by Gasteiger charge is -2.21. The predicted molar refractivity (Wildman–Crippen MR) is 79.8 cm³/mol. The summed E-state index contributed by atoms with van der Waals surface area (Å²) in [5.41, 5.74) is 4.47. The highest BCUT2D eigenvalue weighted by Gasteiger charge is 2.26. The number of aromatic nitrogens is 2. The summed E-state index contributed by atoms with van der Waals surface area (Å²) in [6.45, 7) is 1.66. The van der Waals surface area contributed by atoms with Gasteiger partial charge in [-0.25, -0.2) is 8.42 Å². The minimum atomic E-state index is -3.16. The zero-order chi connectivity index (χ0) is 14.9. The van der Waals surface area contributed by atoms with Crippen molar-refractivity contribution in [2.75, 3.05) is 6.26 Å². The minimum Gasteiger partial charge on any atom is -0.271 e. The number of hydrazine groups is 1. The van der Waals surface area contributed by atoms with E-state index in [0.717, 1.165) is 16.6 Å². The highest BCUT2D eigenvalue weighted by atomic mass is 32.2. The summed E-state index contributed by atoms with van der Waals surface area (Å²) in [6, 6.07) is 7.49. The van der Waals surface area contributed by atoms with Crippen molar-refractivity contribution in [3.63, 3.8) is 0 Å². The Labute approximate surface area is 118 Å². The summed E-state index contributed by atoms with van der Waals surface area (Å²) >= 11 is 0. The van der Waals surface area contributed by atoms with Crippen LogP contribution in [0.5, 0.6) is 0 Å². The highest BCUT2D eigenvalue weighted by molar-refractivity contribution is 7.91. The highest BCUT2D eigenvalue weighted by Crippen LogP contribution is 2.20. The van der Waals surface area contributed by atoms with E-state index in [0.29, 0.717) is 6.42 Å². The Morgan fingerprint density at radius 2 is 2.05 bits per heavy atom. The van der Waals surface area contributed by atoms with Gasteiger partial charge in [0.1, 0.15) is 0 Å². The number of hydrogen-bond acceptors (Lipinski definition) is 5. The van der Waals surface area contributed by atoms with Gasteiger partial charge in [0.25, 0.3) is 0 Å². The number of nitrogens with one attached hydrogen (secondary N) is 1. The second-order valence-electron chi connectivity index (χ2n) is 5.10. The van der Waals surface area contributed by atoms with Gasteiger partial charge in [0.2, 0.25) is 0 Å². The number of benzene rings is 1. The number of para-hydroxylation sites is 1. The van der Waals surface area contributed by atoms with Crippen molar-refractivity contribution in [2.45, 2.75) is 24.6 Å². The number of sulfone groups is 1. The molecule has 0 saturated carbocycles. The molecule has 1 heterocycles. The third kappa shape index (κ3) is 2.84. The van der Waals surface area contributed by atoms with Gasteiger partial charge >= 0.3 is 0 Å². The van der Waals surface area contributed by atoms with Crippen LogP contribution in [0.4, 0.5) is 0 Å². The lowest BCUT2D eigenvalue weighted by molar-refractivity contribution is 0.489. The number of nitrogens with zero attached hydrogens (tertiary/aromatic N) is 2. The van der Waals surface area contributed by atoms with Crippen LogP contribution in [0.25, 0.3) is 10.9 Å². The molecule has 0 aliphatic carbocycles. The minimum absolute atomic E-state index is 0.372. The topological polar surface area (TPSA) is 90.0 Å². The van der Waals surface area contributed by atoms with Crippen LogP contribution < -0.4 is 11.3 Å². The van der Waals surface area contributed by atoms with Crippen molar-refractivity contribution < 1.29 is 8.42 Å². The van der Waals surface area contributed by atoms with E-state index in [9.17, 15) is 8.42 Å². The SMILES string of the molecule is CC(C(Cc1nn(C)c2ccccc12)NN)S(C)(=O)=O. The molecular weight excluding hydrogens is 276 g/mol. The Morgan fingerprint density at radius 3 is 2.65 bits per heavy atom. The second kappa shape index (κ2) is 5.51. The lowest BCUT2D eigenvalue weighted by Crippen LogP contribution is -2.47. The Bertz CT molecular complexity index is 708. The molecule has 2 unspecified atom stereocenters. The molecule has 6 nitrogen and oxygen atoms in total. The lowest BCUT2D eigenvalue weighted by atomic mass is 10.1. The first-order valence-electron chi connectivity index (χ1n) is 6.40. The van der Waals surface area contributed by atoms with E-state index in [2.05, 4.69) is 10.5 Å². The van der Waals surface area contributed by atoms with Crippen molar-refractivity contribution in [3.05, 3.63) is 30.0 Å². The van der Waals surface area contributed by atoms with Crippen LogP contribution in [0.3, 0.4) is 0 Å². The van der Waals surface area contributed by atoms with Crippen LogP contribution in [0.15, 0.2) is 24.3 Å². The maximum atomic E-state index is 11.7. The molecule has 1 aromatic carbocycles. The fourth-order valence-electron chi connectivity index (χ4n) is 2.31. The molecule has 0 amide bonds. The van der Waals surface area contributed by atoms with Gasteiger partial charge in [0.15, 0.2) is 9.84 Å². The van der Waals surface area contributed by atoms with Crippen molar-refractivity contribution in [2.24, 2.45) is 12.9 Å². The molecule has 0 saturated heterocycles. The van der Waals surface area contributed by atoms with Gasteiger partial charge in [-0.1, -0.05) is 18.2 Å². The van der Waals surface area contributed by atoms with Gasteiger partial charge < -0.3 is 0 Å². The summed E-state index contributed by atoms with van der Waals surface area (Å²) < 4.78 is 25.1. The van der Waals surface area contributed by atoms with Crippen molar-refractivity contribution in [3.8, 4) is 0 Å². The van der Waals surface area contributed by atoms with E-state index in [-0.39, 0.29) is 6.04 Å². The van der Waals surface area contributed by atoms with Gasteiger partial charge in [0, 0.05) is 31.2 Å². The largest absolute Gasteiger partial charge is 0.271 e. The summed E-state index contributed by atoms with van der Waals surface area (Å²) in [4.78, 5) is 0. The third-order valence-electron chi connectivity index (χ3n) is 3.70. The summed E-state index contributed by atoms with van der Waals surface area (Å²) in [7, 11) is -1.29. The van der Waals surface area contributed by atoms with E-state index < -0.39 is 15.1 Å². The molecule has 0 aliphatic heterocycles. The van der Waals surface area contributed by atoms with Crippen LogP contribution in [0, 0.1) is 0 Å². The number of rotatable bonds is 5. The van der Waals surface area contributed by atoms with Gasteiger partial charge in [-0.2, -0.15) is 5.10 Å². The van der Waals surface area contributed by atoms with Gasteiger partial charge in [-0.05, 0) is 13.0 Å². The summed E-state index contributed by atoms with van der Waals surface area (Å²) in [6.07, 6.45) is 1.69. The average Bonchev–Trinajstić information content (AvgIpc) is 2.71. The smallest absolute Gasteiger partial charge is 0.151 e. The van der Waals surface area contributed by atoms with E-state index in [1.165, 1.54) is 6.26 Å². The fraction of sp³-hybridized carbons (Fsp3) is 0.462. The molecule has 110 valence electrons. The molecule has 7 heteroatoms. The molecule has 3 N–H and O–H groups in total. The monoisotopic (exact) mass is 296 g/mol.